The zero-order valence-corrected chi connectivity index (χ0v) is 9.77. The Kier molecular flexibility index (Phi) is 3.84. The maximum atomic E-state index is 5.91. The van der Waals surface area contributed by atoms with Crippen LogP contribution in [0.25, 0.3) is 0 Å². The predicted octanol–water partition coefficient (Wildman–Crippen LogP) is 2.24. The van der Waals surface area contributed by atoms with E-state index in [4.69, 9.17) is 10.5 Å². The Morgan fingerprint density at radius 1 is 1.36 bits per heavy atom. The van der Waals surface area contributed by atoms with E-state index in [0.29, 0.717) is 5.75 Å². The number of thiol groups is 1. The van der Waals surface area contributed by atoms with Crippen molar-refractivity contribution in [3.63, 3.8) is 0 Å². The van der Waals surface area contributed by atoms with Crippen LogP contribution in [-0.4, -0.2) is 12.9 Å². The van der Waals surface area contributed by atoms with E-state index in [9.17, 15) is 0 Å². The van der Waals surface area contributed by atoms with Crippen molar-refractivity contribution >= 4 is 12.6 Å². The summed E-state index contributed by atoms with van der Waals surface area (Å²) >= 11 is 4.19. The molecule has 78 valence electrons. The van der Waals surface area contributed by atoms with Gasteiger partial charge < -0.3 is 10.5 Å². The van der Waals surface area contributed by atoms with Crippen LogP contribution < -0.4 is 10.5 Å². The molecule has 0 heterocycles. The van der Waals surface area contributed by atoms with Crippen LogP contribution in [0.5, 0.6) is 5.75 Å². The summed E-state index contributed by atoms with van der Waals surface area (Å²) in [5.74, 6) is 1.60. The lowest BCUT2D eigenvalue weighted by Gasteiger charge is -2.14. The molecule has 0 fully saturated rings. The summed E-state index contributed by atoms with van der Waals surface area (Å²) in [5, 5.41) is 0. The Hall–Kier alpha value is -0.670. The van der Waals surface area contributed by atoms with E-state index in [1.807, 2.05) is 13.8 Å². The molecular formula is C11H17NOS. The topological polar surface area (TPSA) is 35.2 Å². The van der Waals surface area contributed by atoms with Crippen LogP contribution in [-0.2, 0) is 0 Å². The van der Waals surface area contributed by atoms with E-state index in [2.05, 4.69) is 24.8 Å². The smallest absolute Gasteiger partial charge is 0.124 e. The lowest BCUT2D eigenvalue weighted by atomic mass is 10.0. The molecule has 2 nitrogen and oxygen atoms in total. The highest BCUT2D eigenvalue weighted by Crippen LogP contribution is 2.26. The molecule has 0 saturated carbocycles. The van der Waals surface area contributed by atoms with Gasteiger partial charge in [0.2, 0.25) is 0 Å². The number of ether oxygens (including phenoxy) is 1. The highest BCUT2D eigenvalue weighted by molar-refractivity contribution is 7.80. The Morgan fingerprint density at radius 3 is 2.21 bits per heavy atom. The predicted molar refractivity (Wildman–Crippen MR) is 63.2 cm³/mol. The Balaban J connectivity index is 3.13. The van der Waals surface area contributed by atoms with Crippen LogP contribution in [0.15, 0.2) is 12.1 Å². The Morgan fingerprint density at radius 2 is 1.86 bits per heavy atom. The number of hydrogen-bond acceptors (Lipinski definition) is 3. The van der Waals surface area contributed by atoms with Gasteiger partial charge in [-0.15, -0.1) is 0 Å². The van der Waals surface area contributed by atoms with Crippen LogP contribution in [0.4, 0.5) is 0 Å². The minimum atomic E-state index is 0.00152. The molecule has 0 bridgehead atoms. The van der Waals surface area contributed by atoms with Crippen LogP contribution in [0, 0.1) is 13.8 Å². The van der Waals surface area contributed by atoms with Crippen LogP contribution in [0.2, 0.25) is 0 Å². The Bertz CT molecular complexity index is 302. The monoisotopic (exact) mass is 211 g/mol. The number of benzene rings is 1. The van der Waals surface area contributed by atoms with Gasteiger partial charge >= 0.3 is 0 Å². The number of rotatable bonds is 3. The van der Waals surface area contributed by atoms with E-state index in [1.54, 1.807) is 7.11 Å². The lowest BCUT2D eigenvalue weighted by Crippen LogP contribution is -2.12. The summed E-state index contributed by atoms with van der Waals surface area (Å²) in [6.45, 7) is 4.06. The molecule has 1 aromatic rings. The highest BCUT2D eigenvalue weighted by Gasteiger charge is 2.09. The molecule has 0 saturated heterocycles. The van der Waals surface area contributed by atoms with Gasteiger partial charge in [0, 0.05) is 11.8 Å². The van der Waals surface area contributed by atoms with E-state index in [-0.39, 0.29) is 6.04 Å². The molecule has 0 aliphatic rings. The second kappa shape index (κ2) is 4.71. The van der Waals surface area contributed by atoms with Crippen LogP contribution in [0.1, 0.15) is 22.7 Å². The number of hydrogen-bond donors (Lipinski definition) is 2. The molecule has 3 heteroatoms. The van der Waals surface area contributed by atoms with Gasteiger partial charge in [-0.2, -0.15) is 12.6 Å². The number of methoxy groups -OCH3 is 1. The summed E-state index contributed by atoms with van der Waals surface area (Å²) in [4.78, 5) is 0. The summed E-state index contributed by atoms with van der Waals surface area (Å²) in [6, 6.07) is 4.13. The van der Waals surface area contributed by atoms with Crippen molar-refractivity contribution in [3.8, 4) is 5.75 Å². The van der Waals surface area contributed by atoms with Crippen molar-refractivity contribution in [2.45, 2.75) is 19.9 Å². The number of nitrogens with two attached hydrogens (primary N) is 1. The molecule has 14 heavy (non-hydrogen) atoms. The molecule has 0 spiro atoms. The second-order valence-corrected chi connectivity index (χ2v) is 3.84. The third kappa shape index (κ3) is 2.22. The minimum Gasteiger partial charge on any atom is -0.496 e. The standard InChI is InChI=1S/C11H17NOS/c1-7-4-9(10(12)6-14)5-8(2)11(7)13-3/h4-5,10,14H,6,12H2,1-3H3. The Labute approximate surface area is 90.9 Å². The molecule has 0 aliphatic carbocycles. The van der Waals surface area contributed by atoms with E-state index < -0.39 is 0 Å². The summed E-state index contributed by atoms with van der Waals surface area (Å²) < 4.78 is 5.28. The quantitative estimate of drug-likeness (QED) is 0.752. The van der Waals surface area contributed by atoms with Crippen molar-refractivity contribution in [1.29, 1.82) is 0 Å². The largest absolute Gasteiger partial charge is 0.496 e. The molecule has 0 aliphatic heterocycles. The van der Waals surface area contributed by atoms with Gasteiger partial charge in [-0.05, 0) is 30.5 Å². The van der Waals surface area contributed by atoms with Gasteiger partial charge in [0.1, 0.15) is 5.75 Å². The van der Waals surface area contributed by atoms with Crippen LogP contribution >= 0.6 is 12.6 Å². The van der Waals surface area contributed by atoms with Crippen molar-refractivity contribution in [1.82, 2.24) is 0 Å². The normalized spacial score (nSPS) is 12.6. The lowest BCUT2D eigenvalue weighted by molar-refractivity contribution is 0.408. The first-order valence-electron chi connectivity index (χ1n) is 4.61. The van der Waals surface area contributed by atoms with Gasteiger partial charge in [-0.1, -0.05) is 12.1 Å². The maximum Gasteiger partial charge on any atom is 0.124 e. The molecule has 0 amide bonds. The van der Waals surface area contributed by atoms with Crippen molar-refractivity contribution in [2.24, 2.45) is 5.73 Å². The SMILES string of the molecule is COc1c(C)cc(C(N)CS)cc1C. The first-order valence-corrected chi connectivity index (χ1v) is 5.25. The zero-order chi connectivity index (χ0) is 10.7. The van der Waals surface area contributed by atoms with E-state index in [0.717, 1.165) is 22.4 Å². The van der Waals surface area contributed by atoms with Gasteiger partial charge in [-0.3, -0.25) is 0 Å². The minimum absolute atomic E-state index is 0.00152. The highest BCUT2D eigenvalue weighted by atomic mass is 32.1. The molecule has 0 radical (unpaired) electrons. The van der Waals surface area contributed by atoms with Gasteiger partial charge in [0.15, 0.2) is 0 Å². The summed E-state index contributed by atoms with van der Waals surface area (Å²) in [7, 11) is 1.69. The van der Waals surface area contributed by atoms with Crippen molar-refractivity contribution in [3.05, 3.63) is 28.8 Å². The fourth-order valence-corrected chi connectivity index (χ4v) is 1.84. The molecule has 1 unspecified atom stereocenters. The first kappa shape index (κ1) is 11.4. The maximum absolute atomic E-state index is 5.91. The fraction of sp³-hybridized carbons (Fsp3) is 0.455. The van der Waals surface area contributed by atoms with Gasteiger partial charge in [0.05, 0.1) is 7.11 Å². The second-order valence-electron chi connectivity index (χ2n) is 3.48. The zero-order valence-electron chi connectivity index (χ0n) is 8.87. The van der Waals surface area contributed by atoms with Gasteiger partial charge in [0.25, 0.3) is 0 Å². The summed E-state index contributed by atoms with van der Waals surface area (Å²) in [6.07, 6.45) is 0. The van der Waals surface area contributed by atoms with Crippen molar-refractivity contribution in [2.75, 3.05) is 12.9 Å². The average Bonchev–Trinajstić information content (AvgIpc) is 2.16. The molecule has 1 rings (SSSR count). The van der Waals surface area contributed by atoms with Crippen molar-refractivity contribution < 1.29 is 4.74 Å². The third-order valence-electron chi connectivity index (χ3n) is 2.31. The molecule has 1 aromatic carbocycles. The van der Waals surface area contributed by atoms with Crippen LogP contribution in [0.3, 0.4) is 0 Å². The molecule has 1 atom stereocenters. The first-order chi connectivity index (χ1) is 6.60. The fourth-order valence-electron chi connectivity index (χ4n) is 1.63. The number of aryl methyl sites for hydroxylation is 2. The molecule has 0 aromatic heterocycles. The van der Waals surface area contributed by atoms with Gasteiger partial charge in [-0.25, -0.2) is 0 Å². The van der Waals surface area contributed by atoms with E-state index in [1.165, 1.54) is 0 Å². The average molecular weight is 211 g/mol. The van der Waals surface area contributed by atoms with E-state index >= 15 is 0 Å². The molecule has 2 N–H and O–H groups in total. The third-order valence-corrected chi connectivity index (χ3v) is 2.71. The summed E-state index contributed by atoms with van der Waals surface area (Å²) in [5.41, 5.74) is 9.28. The molecular weight excluding hydrogens is 194 g/mol.